The first-order chi connectivity index (χ1) is 24.8. The molecule has 0 amide bonds. The fourth-order valence-corrected chi connectivity index (χ4v) is 7.77. The molecule has 1 saturated carbocycles. The van der Waals surface area contributed by atoms with Crippen LogP contribution in [0.3, 0.4) is 0 Å². The summed E-state index contributed by atoms with van der Waals surface area (Å²) in [5.41, 5.74) is 1.61. The van der Waals surface area contributed by atoms with Crippen molar-refractivity contribution in [3.63, 3.8) is 0 Å². The molecular weight excluding hydrogens is 667 g/mol. The Bertz CT molecular complexity index is 1300. The zero-order valence-corrected chi connectivity index (χ0v) is 31.6. The molecule has 1 aliphatic carbocycles. The van der Waals surface area contributed by atoms with E-state index in [0.717, 1.165) is 75.5 Å². The fourth-order valence-electron chi connectivity index (χ4n) is 6.75. The first-order valence-corrected chi connectivity index (χ1v) is 20.6. The zero-order valence-electron chi connectivity index (χ0n) is 30.7. The Kier molecular flexibility index (Phi) is 18.6. The Labute approximate surface area is 305 Å². The molecule has 9 nitrogen and oxygen atoms in total. The maximum atomic E-state index is 13.4. The standard InChI is InChI=1S/C41H59O9P/c1-3-4-9-22-36(50-41-25-16-17-28-45-41)26-27-37-33(2)29-39(42)38(37)23-14-5-6-15-24-40(43)46-32-49-51(44,47-30-34-18-10-7-11-19-34)48-31-35-20-12-8-13-21-35/h7-8,10-13,18-21,26-27,33,36-38,41H,3-6,9,14-17,22-25,28-32H2,1-2H3/b27-26+/t33-,36+,37+,38-,41?/m1/s1. The van der Waals surface area contributed by atoms with Crippen LogP contribution in [0.25, 0.3) is 0 Å². The zero-order chi connectivity index (χ0) is 36.2. The predicted octanol–water partition coefficient (Wildman–Crippen LogP) is 10.3. The van der Waals surface area contributed by atoms with Crippen molar-refractivity contribution in [1.82, 2.24) is 0 Å². The second-order valence-corrected chi connectivity index (χ2v) is 15.5. The summed E-state index contributed by atoms with van der Waals surface area (Å²) < 4.78 is 47.3. The van der Waals surface area contributed by atoms with Crippen molar-refractivity contribution in [2.75, 3.05) is 13.4 Å². The molecule has 1 saturated heterocycles. The van der Waals surface area contributed by atoms with Gasteiger partial charge in [-0.05, 0) is 61.5 Å². The summed E-state index contributed by atoms with van der Waals surface area (Å²) in [6, 6.07) is 18.6. The molecular formula is C41H59O9P. The van der Waals surface area contributed by atoms with Gasteiger partial charge in [0.15, 0.2) is 6.29 Å². The smallest absolute Gasteiger partial charge is 0.438 e. The Morgan fingerprint density at radius 2 is 1.59 bits per heavy atom. The molecule has 0 aromatic heterocycles. The number of phosphoric ester groups is 1. The van der Waals surface area contributed by atoms with Gasteiger partial charge in [0.05, 0.1) is 19.3 Å². The number of unbranched alkanes of at least 4 members (excludes halogenated alkanes) is 5. The number of allylic oxidation sites excluding steroid dienone is 1. The summed E-state index contributed by atoms with van der Waals surface area (Å²) in [6.45, 7) is 4.67. The van der Waals surface area contributed by atoms with E-state index in [1.165, 1.54) is 12.8 Å². The number of ketones is 1. The first-order valence-electron chi connectivity index (χ1n) is 19.1. The molecule has 1 aliphatic heterocycles. The van der Waals surface area contributed by atoms with Crippen LogP contribution >= 0.6 is 7.82 Å². The number of rotatable bonds is 24. The molecule has 1 heterocycles. The SMILES string of the molecule is CCCCC[C@@H](/C=C/[C@H]1[C@H](C)CC(=O)[C@@H]1CCCCCCC(=O)OCOP(=O)(OCc1ccccc1)OCc1ccccc1)OC1CCCCO1. The number of hydrogen-bond donors (Lipinski definition) is 0. The summed E-state index contributed by atoms with van der Waals surface area (Å²) in [6.07, 6.45) is 17.0. The van der Waals surface area contributed by atoms with Crippen molar-refractivity contribution in [3.05, 3.63) is 83.9 Å². The molecule has 0 N–H and O–H groups in total. The lowest BCUT2D eigenvalue weighted by atomic mass is 9.85. The topological polar surface area (TPSA) is 107 Å². The molecule has 0 spiro atoms. The highest BCUT2D eigenvalue weighted by atomic mass is 31.2. The quantitative estimate of drug-likeness (QED) is 0.0343. The molecule has 282 valence electrons. The normalized spacial score (nSPS) is 21.6. The van der Waals surface area contributed by atoms with E-state index >= 15 is 0 Å². The lowest BCUT2D eigenvalue weighted by Crippen LogP contribution is -2.27. The number of carbonyl (C=O) groups excluding carboxylic acids is 2. The molecule has 4 rings (SSSR count). The molecule has 2 aliphatic rings. The molecule has 5 atom stereocenters. The maximum Gasteiger partial charge on any atom is 0.478 e. The first kappa shape index (κ1) is 41.1. The molecule has 1 unspecified atom stereocenters. The number of benzene rings is 2. The highest BCUT2D eigenvalue weighted by Gasteiger charge is 2.38. The van der Waals surface area contributed by atoms with E-state index in [9.17, 15) is 14.2 Å². The van der Waals surface area contributed by atoms with Crippen LogP contribution in [-0.2, 0) is 55.1 Å². The Morgan fingerprint density at radius 1 is 0.902 bits per heavy atom. The number of esters is 1. The minimum absolute atomic E-state index is 0.0175. The number of hydrogen-bond acceptors (Lipinski definition) is 9. The number of carbonyl (C=O) groups is 2. The molecule has 0 bridgehead atoms. The van der Waals surface area contributed by atoms with Gasteiger partial charge in [-0.25, -0.2) is 9.09 Å². The van der Waals surface area contributed by atoms with E-state index in [4.69, 9.17) is 27.8 Å². The molecule has 2 aromatic carbocycles. The van der Waals surface area contributed by atoms with Crippen molar-refractivity contribution in [2.24, 2.45) is 17.8 Å². The average molecular weight is 727 g/mol. The van der Waals surface area contributed by atoms with Gasteiger partial charge in [-0.2, -0.15) is 0 Å². The van der Waals surface area contributed by atoms with Gasteiger partial charge in [0, 0.05) is 25.4 Å². The second kappa shape index (κ2) is 23.1. The third-order valence-corrected chi connectivity index (χ3v) is 11.0. The number of phosphoric acid groups is 1. The summed E-state index contributed by atoms with van der Waals surface area (Å²) >= 11 is 0. The van der Waals surface area contributed by atoms with Gasteiger partial charge in [0.1, 0.15) is 5.78 Å². The summed E-state index contributed by atoms with van der Waals surface area (Å²) in [7, 11) is -4.02. The lowest BCUT2D eigenvalue weighted by molar-refractivity contribution is -0.179. The van der Waals surface area contributed by atoms with Crippen LogP contribution in [0.5, 0.6) is 0 Å². The monoisotopic (exact) mass is 726 g/mol. The molecule has 2 fully saturated rings. The van der Waals surface area contributed by atoms with Crippen LogP contribution < -0.4 is 0 Å². The van der Waals surface area contributed by atoms with E-state index in [-0.39, 0.29) is 43.9 Å². The van der Waals surface area contributed by atoms with Crippen LogP contribution in [-0.4, -0.2) is 37.5 Å². The Hall–Kier alpha value is -2.65. The average Bonchev–Trinajstić information content (AvgIpc) is 3.42. The van der Waals surface area contributed by atoms with E-state index < -0.39 is 20.6 Å². The van der Waals surface area contributed by atoms with Crippen molar-refractivity contribution >= 4 is 19.6 Å². The van der Waals surface area contributed by atoms with Gasteiger partial charge in [-0.1, -0.05) is 125 Å². The van der Waals surface area contributed by atoms with Gasteiger partial charge in [-0.3, -0.25) is 18.6 Å². The van der Waals surface area contributed by atoms with Crippen LogP contribution in [0, 0.1) is 17.8 Å². The van der Waals surface area contributed by atoms with Crippen LogP contribution in [0.4, 0.5) is 0 Å². The third-order valence-electron chi connectivity index (χ3n) is 9.70. The van der Waals surface area contributed by atoms with E-state index in [0.29, 0.717) is 24.5 Å². The highest BCUT2D eigenvalue weighted by Crippen LogP contribution is 2.51. The largest absolute Gasteiger partial charge is 0.478 e. The Morgan fingerprint density at radius 3 is 2.24 bits per heavy atom. The van der Waals surface area contributed by atoms with E-state index in [1.807, 2.05) is 60.7 Å². The summed E-state index contributed by atoms with van der Waals surface area (Å²) in [4.78, 5) is 25.4. The van der Waals surface area contributed by atoms with Crippen LogP contribution in [0.1, 0.15) is 115 Å². The third kappa shape index (κ3) is 15.5. The van der Waals surface area contributed by atoms with Crippen LogP contribution in [0.2, 0.25) is 0 Å². The van der Waals surface area contributed by atoms with Gasteiger partial charge >= 0.3 is 13.8 Å². The van der Waals surface area contributed by atoms with E-state index in [2.05, 4.69) is 26.0 Å². The molecule has 10 heteroatoms. The maximum absolute atomic E-state index is 13.4. The molecule has 51 heavy (non-hydrogen) atoms. The number of Topliss-reactive ketones (excluding diaryl/α,β-unsaturated/α-hetero) is 1. The van der Waals surface area contributed by atoms with Crippen molar-refractivity contribution in [1.29, 1.82) is 0 Å². The predicted molar refractivity (Wildman–Crippen MR) is 197 cm³/mol. The van der Waals surface area contributed by atoms with E-state index in [1.54, 1.807) is 0 Å². The summed E-state index contributed by atoms with van der Waals surface area (Å²) in [5, 5.41) is 0. The minimum atomic E-state index is -4.02. The van der Waals surface area contributed by atoms with Crippen molar-refractivity contribution < 1.29 is 41.9 Å². The van der Waals surface area contributed by atoms with Crippen LogP contribution in [0.15, 0.2) is 72.8 Å². The van der Waals surface area contributed by atoms with Gasteiger partial charge < -0.3 is 14.2 Å². The van der Waals surface area contributed by atoms with Gasteiger partial charge in [-0.15, -0.1) is 0 Å². The fraction of sp³-hybridized carbons (Fsp3) is 0.610. The number of ether oxygens (including phenoxy) is 3. The van der Waals surface area contributed by atoms with Crippen molar-refractivity contribution in [2.45, 2.75) is 129 Å². The van der Waals surface area contributed by atoms with Gasteiger partial charge in [0.2, 0.25) is 6.79 Å². The molecule has 2 aromatic rings. The molecule has 0 radical (unpaired) electrons. The second-order valence-electron chi connectivity index (χ2n) is 13.9. The highest BCUT2D eigenvalue weighted by molar-refractivity contribution is 7.48. The lowest BCUT2D eigenvalue weighted by Gasteiger charge is -2.27. The summed E-state index contributed by atoms with van der Waals surface area (Å²) in [5.74, 6) is 0.496. The minimum Gasteiger partial charge on any atom is -0.438 e. The van der Waals surface area contributed by atoms with Gasteiger partial charge in [0.25, 0.3) is 0 Å². The Balaban J connectivity index is 1.15. The van der Waals surface area contributed by atoms with Crippen molar-refractivity contribution in [3.8, 4) is 0 Å².